The predicted molar refractivity (Wildman–Crippen MR) is 43.5 cm³/mol. The number of hydrogen-bond donors (Lipinski definition) is 0. The minimum atomic E-state index is -1.74. The number of nitrogens with zero attached hydrogens (tertiary/aromatic N) is 1. The highest BCUT2D eigenvalue weighted by Gasteiger charge is 2.37. The number of rotatable bonds is 1. The van der Waals surface area contributed by atoms with Crippen molar-refractivity contribution < 1.29 is 9.72 Å². The largest absolute Gasteiger partial charge is 0.333 e. The summed E-state index contributed by atoms with van der Waals surface area (Å²) in [6, 6.07) is 0. The van der Waals surface area contributed by atoms with Gasteiger partial charge in [-0.15, -0.1) is 0 Å². The number of halogens is 1. The second kappa shape index (κ2) is 2.71. The van der Waals surface area contributed by atoms with Gasteiger partial charge in [-0.3, -0.25) is 14.9 Å². The molecular formula is C7H6ClNO3. The lowest BCUT2D eigenvalue weighted by Gasteiger charge is -2.13. The highest BCUT2D eigenvalue weighted by Crippen LogP contribution is 2.25. The Bertz CT molecular complexity index is 308. The molecule has 0 amide bonds. The zero-order chi connectivity index (χ0) is 9.35. The van der Waals surface area contributed by atoms with Gasteiger partial charge in [0.25, 0.3) is 0 Å². The molecule has 64 valence electrons. The fourth-order valence-electron chi connectivity index (χ4n) is 0.860. The molecule has 0 aromatic heterocycles. The Kier molecular flexibility index (Phi) is 2.02. The van der Waals surface area contributed by atoms with Crippen LogP contribution in [0, 0.1) is 10.1 Å². The number of ketones is 1. The van der Waals surface area contributed by atoms with Crippen LogP contribution >= 0.6 is 11.6 Å². The normalized spacial score (nSPS) is 28.5. The van der Waals surface area contributed by atoms with E-state index in [2.05, 4.69) is 0 Å². The van der Waals surface area contributed by atoms with Crippen molar-refractivity contribution in [3.8, 4) is 0 Å². The molecular weight excluding hydrogens is 182 g/mol. The van der Waals surface area contributed by atoms with Gasteiger partial charge in [0.15, 0.2) is 5.78 Å². The summed E-state index contributed by atoms with van der Waals surface area (Å²) in [5, 5.41) is 10.4. The zero-order valence-electron chi connectivity index (χ0n) is 6.28. The fraction of sp³-hybridized carbons (Fsp3) is 0.286. The molecule has 0 aromatic carbocycles. The molecule has 4 nitrogen and oxygen atoms in total. The lowest BCUT2D eigenvalue weighted by Crippen LogP contribution is -2.30. The summed E-state index contributed by atoms with van der Waals surface area (Å²) in [6.07, 6.45) is 3.33. The summed E-state index contributed by atoms with van der Waals surface area (Å²) in [4.78, 5) is 18.9. The molecule has 1 atom stereocenters. The molecule has 0 aromatic rings. The Hall–Kier alpha value is -1.16. The van der Waals surface area contributed by atoms with Gasteiger partial charge in [-0.05, 0) is 24.6 Å². The quantitative estimate of drug-likeness (QED) is 0.269. The average molecular weight is 188 g/mol. The number of nitro groups is 1. The summed E-state index contributed by atoms with van der Waals surface area (Å²) >= 11 is 5.56. The number of carbonyl (C=O) groups excluding carboxylic acids is 1. The van der Waals surface area contributed by atoms with Gasteiger partial charge >= 0.3 is 5.00 Å². The predicted octanol–water partition coefficient (Wildman–Crippen LogP) is 1.28. The highest BCUT2D eigenvalue weighted by molar-refractivity contribution is 6.27. The molecule has 0 saturated carbocycles. The van der Waals surface area contributed by atoms with Crippen molar-refractivity contribution in [2.24, 2.45) is 0 Å². The Morgan fingerprint density at radius 2 is 2.25 bits per heavy atom. The van der Waals surface area contributed by atoms with Gasteiger partial charge < -0.3 is 0 Å². The van der Waals surface area contributed by atoms with Crippen molar-refractivity contribution >= 4 is 17.4 Å². The second-order valence-electron chi connectivity index (χ2n) is 2.51. The third kappa shape index (κ3) is 1.38. The minimum Gasteiger partial charge on any atom is -0.290 e. The standard InChI is InChI=1S/C7H6ClNO3/c1-5-4-7(8,9(11)12)3-2-6(5)10/h2-4H,1H3. The SMILES string of the molecule is CC1=CC(Cl)([N+](=O)[O-])C=CC1=O. The molecule has 1 aliphatic rings. The van der Waals surface area contributed by atoms with Gasteiger partial charge in [-0.2, -0.15) is 0 Å². The van der Waals surface area contributed by atoms with E-state index >= 15 is 0 Å². The highest BCUT2D eigenvalue weighted by atomic mass is 35.5. The molecule has 0 fully saturated rings. The topological polar surface area (TPSA) is 60.2 Å². The molecule has 1 aliphatic carbocycles. The molecule has 0 saturated heterocycles. The van der Waals surface area contributed by atoms with Crippen LogP contribution in [0.5, 0.6) is 0 Å². The number of allylic oxidation sites excluding steroid dienone is 2. The molecule has 0 bridgehead atoms. The Labute approximate surface area is 73.7 Å². The van der Waals surface area contributed by atoms with Gasteiger partial charge in [0, 0.05) is 17.7 Å². The smallest absolute Gasteiger partial charge is 0.290 e. The van der Waals surface area contributed by atoms with E-state index in [9.17, 15) is 14.9 Å². The summed E-state index contributed by atoms with van der Waals surface area (Å²) < 4.78 is 0. The summed E-state index contributed by atoms with van der Waals surface area (Å²) in [6.45, 7) is 1.49. The lowest BCUT2D eigenvalue weighted by atomic mass is 10.0. The second-order valence-corrected chi connectivity index (χ2v) is 3.12. The fourth-order valence-corrected chi connectivity index (χ4v) is 1.09. The van der Waals surface area contributed by atoms with Crippen molar-refractivity contribution in [3.05, 3.63) is 33.9 Å². The Morgan fingerprint density at radius 3 is 2.67 bits per heavy atom. The van der Waals surface area contributed by atoms with Crippen LogP contribution in [0.4, 0.5) is 0 Å². The van der Waals surface area contributed by atoms with Gasteiger partial charge in [0.05, 0.1) is 4.92 Å². The number of hydrogen-bond acceptors (Lipinski definition) is 3. The Balaban J connectivity index is 3.07. The molecule has 1 rings (SSSR count). The molecule has 0 heterocycles. The van der Waals surface area contributed by atoms with Crippen LogP contribution in [0.1, 0.15) is 6.92 Å². The summed E-state index contributed by atoms with van der Waals surface area (Å²) in [7, 11) is 0. The maximum atomic E-state index is 10.9. The van der Waals surface area contributed by atoms with Crippen molar-refractivity contribution in [1.29, 1.82) is 0 Å². The maximum absolute atomic E-state index is 10.9. The molecule has 0 radical (unpaired) electrons. The van der Waals surface area contributed by atoms with Gasteiger partial charge in [-0.25, -0.2) is 0 Å². The lowest BCUT2D eigenvalue weighted by molar-refractivity contribution is -0.514. The van der Waals surface area contributed by atoms with Gasteiger partial charge in [0.2, 0.25) is 0 Å². The van der Waals surface area contributed by atoms with Crippen molar-refractivity contribution in [2.45, 2.75) is 11.9 Å². The molecule has 1 unspecified atom stereocenters. The van der Waals surface area contributed by atoms with Crippen LogP contribution in [0.25, 0.3) is 0 Å². The maximum Gasteiger partial charge on any atom is 0.333 e. The van der Waals surface area contributed by atoms with Gasteiger partial charge in [-0.1, -0.05) is 0 Å². The molecule has 12 heavy (non-hydrogen) atoms. The van der Waals surface area contributed by atoms with Crippen LogP contribution in [-0.4, -0.2) is 15.7 Å². The first kappa shape index (κ1) is 8.93. The molecule has 0 N–H and O–H groups in total. The molecule has 0 aliphatic heterocycles. The van der Waals surface area contributed by atoms with E-state index in [-0.39, 0.29) is 5.78 Å². The van der Waals surface area contributed by atoms with E-state index in [0.29, 0.717) is 5.57 Å². The van der Waals surface area contributed by atoms with E-state index in [0.717, 1.165) is 18.2 Å². The first-order valence-corrected chi connectivity index (χ1v) is 3.60. The zero-order valence-corrected chi connectivity index (χ0v) is 7.04. The van der Waals surface area contributed by atoms with Crippen molar-refractivity contribution in [1.82, 2.24) is 0 Å². The van der Waals surface area contributed by atoms with Crippen LogP contribution in [0.2, 0.25) is 0 Å². The van der Waals surface area contributed by atoms with E-state index in [1.165, 1.54) is 6.92 Å². The summed E-state index contributed by atoms with van der Waals surface area (Å²) in [5.74, 6) is -0.242. The molecule has 5 heteroatoms. The van der Waals surface area contributed by atoms with Crippen LogP contribution in [-0.2, 0) is 4.79 Å². The first-order chi connectivity index (χ1) is 5.46. The third-order valence-electron chi connectivity index (χ3n) is 1.56. The van der Waals surface area contributed by atoms with E-state index in [1.807, 2.05) is 0 Å². The van der Waals surface area contributed by atoms with Crippen LogP contribution in [0.15, 0.2) is 23.8 Å². The number of alkyl halides is 1. The minimum absolute atomic E-state index is 0.242. The van der Waals surface area contributed by atoms with Crippen molar-refractivity contribution in [2.75, 3.05) is 0 Å². The average Bonchev–Trinajstić information content (AvgIpc) is 1.97. The van der Waals surface area contributed by atoms with Crippen molar-refractivity contribution in [3.63, 3.8) is 0 Å². The third-order valence-corrected chi connectivity index (χ3v) is 1.93. The Morgan fingerprint density at radius 1 is 1.67 bits per heavy atom. The molecule has 0 spiro atoms. The van der Waals surface area contributed by atoms with Crippen LogP contribution < -0.4 is 0 Å². The summed E-state index contributed by atoms with van der Waals surface area (Å²) in [5.41, 5.74) is 0.296. The number of carbonyl (C=O) groups is 1. The first-order valence-electron chi connectivity index (χ1n) is 3.22. The monoisotopic (exact) mass is 187 g/mol. The van der Waals surface area contributed by atoms with E-state index in [1.54, 1.807) is 0 Å². The van der Waals surface area contributed by atoms with Crippen LogP contribution in [0.3, 0.4) is 0 Å². The van der Waals surface area contributed by atoms with E-state index < -0.39 is 9.92 Å². The van der Waals surface area contributed by atoms with E-state index in [4.69, 9.17) is 11.6 Å². The van der Waals surface area contributed by atoms with Gasteiger partial charge in [0.1, 0.15) is 0 Å².